The lowest BCUT2D eigenvalue weighted by atomic mass is 11.5. The molecule has 3 heteroatoms. The predicted octanol–water partition coefficient (Wildman–Crippen LogP) is 2.23. The van der Waals surface area contributed by atoms with E-state index in [9.17, 15) is 0 Å². The molecule has 0 rings (SSSR count). The minimum Gasteiger partial charge on any atom is -0.374 e. The molecule has 0 aromatic heterocycles. The van der Waals surface area contributed by atoms with Crippen LogP contribution in [0.3, 0.4) is 0 Å². The minimum absolute atomic E-state index is 0.678. The summed E-state index contributed by atoms with van der Waals surface area (Å²) in [5.41, 5.74) is 0.678. The largest absolute Gasteiger partial charge is 0.374 e. The van der Waals surface area contributed by atoms with Crippen LogP contribution in [0.4, 0.5) is 0 Å². The third-order valence-electron chi connectivity index (χ3n) is 0.612. The molecule has 0 aromatic rings. The highest BCUT2D eigenvalue weighted by Gasteiger charge is 2.11. The van der Waals surface area contributed by atoms with Crippen LogP contribution in [0.5, 0.6) is 0 Å². The monoisotopic (exact) mass is 196 g/mol. The molecule has 0 heterocycles. The number of hydrogen-bond donors (Lipinski definition) is 0. The highest BCUT2D eigenvalue weighted by molar-refractivity contribution is 9.09. The van der Waals surface area contributed by atoms with Crippen LogP contribution in [0, 0.1) is 0 Å². The van der Waals surface area contributed by atoms with Gasteiger partial charge in [0.25, 0.3) is 0 Å². The van der Waals surface area contributed by atoms with Crippen LogP contribution in [-0.2, 0) is 4.74 Å². The van der Waals surface area contributed by atoms with Crippen molar-refractivity contribution in [3.63, 3.8) is 0 Å². The Hall–Kier alpha value is 0.657. The van der Waals surface area contributed by atoms with Crippen LogP contribution in [0.25, 0.3) is 0 Å². The summed E-state index contributed by atoms with van der Waals surface area (Å²) in [6.45, 7) is 6.86. The highest BCUT2D eigenvalue weighted by atomic mass is 79.9. The van der Waals surface area contributed by atoms with E-state index in [1.165, 1.54) is 0 Å². The van der Waals surface area contributed by atoms with Crippen molar-refractivity contribution in [2.45, 2.75) is 19.6 Å². The Kier molecular flexibility index (Phi) is 3.94. The fraction of sp³-hybridized carbons (Fsp3) is 1.00. The molecule has 0 saturated carbocycles. The second-order valence-electron chi connectivity index (χ2n) is 3.02. The first-order valence-electron chi connectivity index (χ1n) is 2.70. The Morgan fingerprint density at radius 1 is 1.38 bits per heavy atom. The molecule has 0 unspecified atom stereocenters. The quantitative estimate of drug-likeness (QED) is 0.498. The summed E-state index contributed by atoms with van der Waals surface area (Å²) in [5.74, 6) is 0. The average Bonchev–Trinajstić information content (AvgIpc) is 1.59. The molecule has 0 aliphatic heterocycles. The summed E-state index contributed by atoms with van der Waals surface area (Å²) in [6.07, 6.45) is 0.957. The zero-order valence-corrected chi connectivity index (χ0v) is 8.29. The Bertz CT molecular complexity index is 59.9. The van der Waals surface area contributed by atoms with Gasteiger partial charge in [0.15, 0.2) is 0 Å². The van der Waals surface area contributed by atoms with Crippen molar-refractivity contribution in [1.29, 1.82) is 0 Å². The van der Waals surface area contributed by atoms with Crippen LogP contribution in [-0.4, -0.2) is 19.8 Å². The molecular weight excluding hydrogens is 184 g/mol. The van der Waals surface area contributed by atoms with Crippen molar-refractivity contribution in [3.05, 3.63) is 0 Å². The highest BCUT2D eigenvalue weighted by Crippen LogP contribution is 2.00. The fourth-order valence-electron chi connectivity index (χ4n) is 0.345. The molecule has 0 aliphatic rings. The third kappa shape index (κ3) is 6.66. The summed E-state index contributed by atoms with van der Waals surface area (Å²) in [6, 6.07) is 0. The maximum Gasteiger partial charge on any atom is 0.101 e. The van der Waals surface area contributed by atoms with E-state index < -0.39 is 8.07 Å². The summed E-state index contributed by atoms with van der Waals surface area (Å²) >= 11 is 3.20. The third-order valence-corrected chi connectivity index (χ3v) is 2.01. The van der Waals surface area contributed by atoms with E-state index in [0.717, 1.165) is 6.23 Å². The molecular formula is C5H13BrOSi. The smallest absolute Gasteiger partial charge is 0.101 e. The summed E-state index contributed by atoms with van der Waals surface area (Å²) in [4.78, 5) is 0. The Balaban J connectivity index is 3.11. The molecule has 0 radical (unpaired) electrons. The van der Waals surface area contributed by atoms with E-state index >= 15 is 0 Å². The van der Waals surface area contributed by atoms with Gasteiger partial charge in [-0.3, -0.25) is 0 Å². The van der Waals surface area contributed by atoms with Gasteiger partial charge in [0.1, 0.15) is 5.52 Å². The van der Waals surface area contributed by atoms with Crippen LogP contribution in [0.15, 0.2) is 0 Å². The predicted molar refractivity (Wildman–Crippen MR) is 43.1 cm³/mol. The number of hydrogen-bond acceptors (Lipinski definition) is 1. The van der Waals surface area contributed by atoms with Gasteiger partial charge in [0.05, 0.1) is 8.07 Å². The zero-order chi connectivity index (χ0) is 6.62. The van der Waals surface area contributed by atoms with Gasteiger partial charge in [0.2, 0.25) is 0 Å². The normalized spacial score (nSPS) is 12.0. The Morgan fingerprint density at radius 3 is 2.00 bits per heavy atom. The molecule has 0 aliphatic carbocycles. The number of alkyl halides is 1. The lowest BCUT2D eigenvalue weighted by molar-refractivity contribution is 0.233. The van der Waals surface area contributed by atoms with Crippen molar-refractivity contribution in [1.82, 2.24) is 0 Å². The maximum absolute atomic E-state index is 5.18. The SMILES string of the molecule is C[Si](C)(C)COCBr. The standard InChI is InChI=1S/C5H13BrOSi/c1-8(2,3)5-7-4-6/h4-5H2,1-3H3. The van der Waals surface area contributed by atoms with Crippen molar-refractivity contribution < 1.29 is 4.74 Å². The van der Waals surface area contributed by atoms with E-state index in [0.29, 0.717) is 5.52 Å². The molecule has 50 valence electrons. The average molecular weight is 197 g/mol. The molecule has 0 fully saturated rings. The lowest BCUT2D eigenvalue weighted by Gasteiger charge is -2.13. The van der Waals surface area contributed by atoms with Gasteiger partial charge in [-0.15, -0.1) is 0 Å². The molecule has 0 saturated heterocycles. The van der Waals surface area contributed by atoms with E-state index in [-0.39, 0.29) is 0 Å². The molecule has 0 amide bonds. The Morgan fingerprint density at radius 2 is 1.88 bits per heavy atom. The Labute approximate surface area is 60.6 Å². The molecule has 1 nitrogen and oxygen atoms in total. The second kappa shape index (κ2) is 3.64. The number of halogens is 1. The second-order valence-corrected chi connectivity index (χ2v) is 8.89. The van der Waals surface area contributed by atoms with Crippen LogP contribution >= 0.6 is 15.9 Å². The molecule has 8 heavy (non-hydrogen) atoms. The minimum atomic E-state index is -0.930. The molecule has 0 spiro atoms. The van der Waals surface area contributed by atoms with Gasteiger partial charge in [-0.25, -0.2) is 0 Å². The van der Waals surface area contributed by atoms with E-state index in [1.807, 2.05) is 0 Å². The zero-order valence-electron chi connectivity index (χ0n) is 5.70. The summed E-state index contributed by atoms with van der Waals surface area (Å²) in [7, 11) is -0.930. The van der Waals surface area contributed by atoms with Gasteiger partial charge in [0, 0.05) is 6.23 Å². The molecule has 0 bridgehead atoms. The van der Waals surface area contributed by atoms with E-state index in [2.05, 4.69) is 35.6 Å². The van der Waals surface area contributed by atoms with E-state index in [4.69, 9.17) is 4.74 Å². The number of rotatable bonds is 3. The topological polar surface area (TPSA) is 9.23 Å². The first-order valence-corrected chi connectivity index (χ1v) is 7.53. The first-order chi connectivity index (χ1) is 3.56. The van der Waals surface area contributed by atoms with Crippen LogP contribution in [0.1, 0.15) is 0 Å². The van der Waals surface area contributed by atoms with Crippen molar-refractivity contribution in [2.75, 3.05) is 11.7 Å². The summed E-state index contributed by atoms with van der Waals surface area (Å²) < 4.78 is 5.18. The van der Waals surface area contributed by atoms with Gasteiger partial charge in [-0.1, -0.05) is 35.6 Å². The van der Waals surface area contributed by atoms with Crippen molar-refractivity contribution in [3.8, 4) is 0 Å². The van der Waals surface area contributed by atoms with Gasteiger partial charge in [-0.2, -0.15) is 0 Å². The lowest BCUT2D eigenvalue weighted by Crippen LogP contribution is -2.27. The molecule has 0 atom stereocenters. The van der Waals surface area contributed by atoms with Gasteiger partial charge < -0.3 is 4.74 Å². The first kappa shape index (κ1) is 8.66. The maximum atomic E-state index is 5.18. The van der Waals surface area contributed by atoms with Gasteiger partial charge >= 0.3 is 0 Å². The van der Waals surface area contributed by atoms with Gasteiger partial charge in [-0.05, 0) is 0 Å². The number of ether oxygens (including phenoxy) is 1. The van der Waals surface area contributed by atoms with Crippen LogP contribution < -0.4 is 0 Å². The molecule has 0 aromatic carbocycles. The van der Waals surface area contributed by atoms with Crippen molar-refractivity contribution in [2.24, 2.45) is 0 Å². The van der Waals surface area contributed by atoms with E-state index in [1.54, 1.807) is 0 Å². The van der Waals surface area contributed by atoms with Crippen LogP contribution in [0.2, 0.25) is 19.6 Å². The summed E-state index contributed by atoms with van der Waals surface area (Å²) in [5, 5.41) is 0. The fourth-order valence-corrected chi connectivity index (χ4v) is 1.52. The van der Waals surface area contributed by atoms with Crippen molar-refractivity contribution >= 4 is 24.0 Å². The molecule has 0 N–H and O–H groups in total.